The van der Waals surface area contributed by atoms with Gasteiger partial charge in [-0.15, -0.1) is 0 Å². The lowest BCUT2D eigenvalue weighted by molar-refractivity contribution is 0.415. The van der Waals surface area contributed by atoms with Crippen molar-refractivity contribution in [2.75, 3.05) is 7.11 Å². The van der Waals surface area contributed by atoms with E-state index in [-0.39, 0.29) is 6.04 Å². The van der Waals surface area contributed by atoms with Crippen molar-refractivity contribution in [3.05, 3.63) is 54.1 Å². The zero-order valence-electron chi connectivity index (χ0n) is 11.9. The predicted molar refractivity (Wildman–Crippen MR) is 83.5 cm³/mol. The lowest BCUT2D eigenvalue weighted by Gasteiger charge is -2.03. The fraction of sp³-hybridized carbons (Fsp3) is 0.222. The summed E-state index contributed by atoms with van der Waals surface area (Å²) in [5.41, 5.74) is 9.31. The fourth-order valence-corrected chi connectivity index (χ4v) is 2.94. The summed E-state index contributed by atoms with van der Waals surface area (Å²) in [4.78, 5) is 0. The van der Waals surface area contributed by atoms with Crippen LogP contribution in [0.4, 0.5) is 0 Å². The Hall–Kier alpha value is -2.26. The highest BCUT2D eigenvalue weighted by Crippen LogP contribution is 2.48. The minimum absolute atomic E-state index is 0.236. The lowest BCUT2D eigenvalue weighted by Crippen LogP contribution is -2.01. The van der Waals surface area contributed by atoms with Crippen molar-refractivity contribution in [1.29, 1.82) is 0 Å². The van der Waals surface area contributed by atoms with Gasteiger partial charge in [-0.1, -0.05) is 30.3 Å². The summed E-state index contributed by atoms with van der Waals surface area (Å²) in [5, 5.41) is 1.12. The third kappa shape index (κ3) is 2.01. The number of rotatable bonds is 3. The molecule has 0 bridgehead atoms. The highest BCUT2D eigenvalue weighted by Gasteiger charge is 2.39. The summed E-state index contributed by atoms with van der Waals surface area (Å²) in [7, 11) is 1.68. The fourth-order valence-electron chi connectivity index (χ4n) is 2.94. The predicted octanol–water partition coefficient (Wildman–Crippen LogP) is 3.92. The van der Waals surface area contributed by atoms with Gasteiger partial charge < -0.3 is 14.9 Å². The number of nitrogens with two attached hydrogens (primary N) is 1. The molecule has 0 saturated heterocycles. The van der Waals surface area contributed by atoms with Crippen molar-refractivity contribution in [1.82, 2.24) is 0 Å². The van der Waals surface area contributed by atoms with Crippen molar-refractivity contribution in [3.63, 3.8) is 0 Å². The largest absolute Gasteiger partial charge is 0.497 e. The molecule has 1 heterocycles. The number of hydrogen-bond acceptors (Lipinski definition) is 3. The molecule has 3 aromatic rings. The quantitative estimate of drug-likeness (QED) is 0.790. The van der Waals surface area contributed by atoms with Crippen LogP contribution in [-0.2, 0) is 0 Å². The molecule has 1 aromatic heterocycles. The molecule has 21 heavy (non-hydrogen) atoms. The molecule has 3 heteroatoms. The van der Waals surface area contributed by atoms with Crippen molar-refractivity contribution >= 4 is 11.0 Å². The van der Waals surface area contributed by atoms with Gasteiger partial charge in [-0.2, -0.15) is 0 Å². The maximum Gasteiger partial charge on any atom is 0.138 e. The number of benzene rings is 2. The summed E-state index contributed by atoms with van der Waals surface area (Å²) in [5.74, 6) is 2.17. The molecule has 0 spiro atoms. The van der Waals surface area contributed by atoms with Gasteiger partial charge in [0, 0.05) is 28.5 Å². The summed E-state index contributed by atoms with van der Waals surface area (Å²) in [6, 6.07) is 16.4. The first kappa shape index (κ1) is 12.5. The number of hydrogen-bond donors (Lipinski definition) is 1. The minimum Gasteiger partial charge on any atom is -0.497 e. The molecule has 2 atom stereocenters. The van der Waals surface area contributed by atoms with Gasteiger partial charge in [0.05, 0.1) is 7.11 Å². The molecule has 0 unspecified atom stereocenters. The Labute approximate surface area is 123 Å². The molecule has 2 N–H and O–H groups in total. The van der Waals surface area contributed by atoms with Crippen LogP contribution in [0, 0.1) is 0 Å². The zero-order chi connectivity index (χ0) is 14.4. The minimum atomic E-state index is 0.236. The molecule has 4 rings (SSSR count). The first-order valence-corrected chi connectivity index (χ1v) is 7.19. The van der Waals surface area contributed by atoms with Gasteiger partial charge in [0.25, 0.3) is 0 Å². The van der Waals surface area contributed by atoms with Crippen LogP contribution in [0.3, 0.4) is 0 Å². The Balaban J connectivity index is 1.97. The number of ether oxygens (including phenoxy) is 1. The molecular weight excluding hydrogens is 262 g/mol. The van der Waals surface area contributed by atoms with Crippen molar-refractivity contribution < 1.29 is 9.15 Å². The van der Waals surface area contributed by atoms with Crippen LogP contribution in [0.5, 0.6) is 5.75 Å². The van der Waals surface area contributed by atoms with E-state index in [0.29, 0.717) is 5.92 Å². The van der Waals surface area contributed by atoms with E-state index in [0.717, 1.165) is 34.5 Å². The Morgan fingerprint density at radius 2 is 1.90 bits per heavy atom. The smallest absolute Gasteiger partial charge is 0.138 e. The highest BCUT2D eigenvalue weighted by atomic mass is 16.5. The standard InChI is InChI=1S/C18H17NO2/c1-20-12-7-8-16-14(9-12)17(13-10-15(13)19)18(21-16)11-5-3-2-4-6-11/h2-9,13,15H,10,19H2,1H3/t13-,15-/m1/s1. The van der Waals surface area contributed by atoms with E-state index in [2.05, 4.69) is 12.1 Å². The van der Waals surface area contributed by atoms with Gasteiger partial charge in [-0.3, -0.25) is 0 Å². The maximum absolute atomic E-state index is 6.12. The average Bonchev–Trinajstić information content (AvgIpc) is 3.12. The third-order valence-electron chi connectivity index (χ3n) is 4.18. The second kappa shape index (κ2) is 4.64. The van der Waals surface area contributed by atoms with Crippen molar-refractivity contribution in [3.8, 4) is 17.1 Å². The summed E-state index contributed by atoms with van der Waals surface area (Å²) in [6.45, 7) is 0. The van der Waals surface area contributed by atoms with Crippen LogP contribution in [0.25, 0.3) is 22.3 Å². The summed E-state index contributed by atoms with van der Waals surface area (Å²) >= 11 is 0. The van der Waals surface area contributed by atoms with E-state index in [1.54, 1.807) is 7.11 Å². The first-order chi connectivity index (χ1) is 10.3. The van der Waals surface area contributed by atoms with Crippen molar-refractivity contribution in [2.24, 2.45) is 5.73 Å². The van der Waals surface area contributed by atoms with Gasteiger partial charge in [0.15, 0.2) is 0 Å². The second-order valence-corrected chi connectivity index (χ2v) is 5.58. The Kier molecular flexibility index (Phi) is 2.76. The second-order valence-electron chi connectivity index (χ2n) is 5.58. The molecule has 2 aromatic carbocycles. The van der Waals surface area contributed by atoms with Gasteiger partial charge >= 0.3 is 0 Å². The van der Waals surface area contributed by atoms with E-state index in [1.807, 2.05) is 36.4 Å². The topological polar surface area (TPSA) is 48.4 Å². The Bertz CT molecular complexity index is 792. The number of methoxy groups -OCH3 is 1. The van der Waals surface area contributed by atoms with Gasteiger partial charge in [-0.05, 0) is 24.6 Å². The van der Waals surface area contributed by atoms with Crippen LogP contribution in [-0.4, -0.2) is 13.2 Å². The molecule has 1 saturated carbocycles. The summed E-state index contributed by atoms with van der Waals surface area (Å²) in [6.07, 6.45) is 1.02. The monoisotopic (exact) mass is 279 g/mol. The number of fused-ring (bicyclic) bond motifs is 1. The molecule has 0 aliphatic heterocycles. The molecule has 0 radical (unpaired) electrons. The van der Waals surface area contributed by atoms with E-state index >= 15 is 0 Å². The third-order valence-corrected chi connectivity index (χ3v) is 4.18. The summed E-state index contributed by atoms with van der Waals surface area (Å²) < 4.78 is 11.5. The molecule has 0 amide bonds. The van der Waals surface area contributed by atoms with Crippen LogP contribution in [0.1, 0.15) is 17.9 Å². The van der Waals surface area contributed by atoms with Gasteiger partial charge in [-0.25, -0.2) is 0 Å². The van der Waals surface area contributed by atoms with E-state index in [1.165, 1.54) is 5.56 Å². The molecule has 1 fully saturated rings. The van der Waals surface area contributed by atoms with Crippen LogP contribution < -0.4 is 10.5 Å². The van der Waals surface area contributed by atoms with E-state index < -0.39 is 0 Å². The lowest BCUT2D eigenvalue weighted by atomic mass is 10.0. The van der Waals surface area contributed by atoms with Gasteiger partial charge in [0.1, 0.15) is 17.1 Å². The highest BCUT2D eigenvalue weighted by molar-refractivity contribution is 5.90. The molecule has 106 valence electrons. The van der Waals surface area contributed by atoms with E-state index in [4.69, 9.17) is 14.9 Å². The van der Waals surface area contributed by atoms with Crippen molar-refractivity contribution in [2.45, 2.75) is 18.4 Å². The normalized spacial score (nSPS) is 20.7. The first-order valence-electron chi connectivity index (χ1n) is 7.19. The molecule has 1 aliphatic rings. The van der Waals surface area contributed by atoms with Gasteiger partial charge in [0.2, 0.25) is 0 Å². The number of furan rings is 1. The maximum atomic E-state index is 6.12. The van der Waals surface area contributed by atoms with Crippen LogP contribution in [0.15, 0.2) is 52.9 Å². The molecule has 3 nitrogen and oxygen atoms in total. The van der Waals surface area contributed by atoms with Crippen LogP contribution >= 0.6 is 0 Å². The molecular formula is C18H17NO2. The SMILES string of the molecule is COc1ccc2oc(-c3ccccc3)c([C@@H]3C[C@H]3N)c2c1. The zero-order valence-corrected chi connectivity index (χ0v) is 11.9. The Morgan fingerprint density at radius 3 is 2.57 bits per heavy atom. The average molecular weight is 279 g/mol. The van der Waals surface area contributed by atoms with Crippen LogP contribution in [0.2, 0.25) is 0 Å². The van der Waals surface area contributed by atoms with E-state index in [9.17, 15) is 0 Å². The Morgan fingerprint density at radius 1 is 1.14 bits per heavy atom. The molecule has 1 aliphatic carbocycles.